The summed E-state index contributed by atoms with van der Waals surface area (Å²) in [5, 5.41) is 6.73. The molecule has 2 N–H and O–H groups in total. The summed E-state index contributed by atoms with van der Waals surface area (Å²) in [5.41, 5.74) is 0.378. The Morgan fingerprint density at radius 1 is 1.22 bits per heavy atom. The summed E-state index contributed by atoms with van der Waals surface area (Å²) in [5.74, 6) is 2.09. The molecule has 102 valence electrons. The number of nitrogens with one attached hydrogen (secondary N) is 2. The van der Waals surface area contributed by atoms with E-state index in [1.807, 2.05) is 0 Å². The van der Waals surface area contributed by atoms with E-state index in [2.05, 4.69) is 24.5 Å². The van der Waals surface area contributed by atoms with Gasteiger partial charge < -0.3 is 10.6 Å². The molecule has 1 aliphatic heterocycles. The number of rotatable bonds is 2. The molecule has 0 aromatic heterocycles. The Labute approximate surface area is 110 Å². The zero-order valence-electron chi connectivity index (χ0n) is 11.7. The van der Waals surface area contributed by atoms with Crippen molar-refractivity contribution in [3.05, 3.63) is 0 Å². The molecule has 0 bridgehead atoms. The molecule has 3 rings (SSSR count). The van der Waals surface area contributed by atoms with Crippen LogP contribution in [0.25, 0.3) is 0 Å². The van der Waals surface area contributed by atoms with Gasteiger partial charge in [0.15, 0.2) is 0 Å². The fraction of sp³-hybridized carbons (Fsp3) is 0.933. The summed E-state index contributed by atoms with van der Waals surface area (Å²) in [6.45, 7) is 6.79. The van der Waals surface area contributed by atoms with Crippen LogP contribution >= 0.6 is 0 Å². The van der Waals surface area contributed by atoms with Gasteiger partial charge in [-0.05, 0) is 62.4 Å². The Hall–Kier alpha value is -0.570. The van der Waals surface area contributed by atoms with E-state index >= 15 is 0 Å². The number of hydrogen-bond acceptors (Lipinski definition) is 2. The number of carbonyl (C=O) groups excluding carboxylic acids is 1. The van der Waals surface area contributed by atoms with Gasteiger partial charge in [-0.1, -0.05) is 13.8 Å². The highest BCUT2D eigenvalue weighted by Crippen LogP contribution is 2.58. The van der Waals surface area contributed by atoms with Gasteiger partial charge in [-0.15, -0.1) is 0 Å². The minimum Gasteiger partial charge on any atom is -0.353 e. The van der Waals surface area contributed by atoms with E-state index in [1.54, 1.807) is 0 Å². The van der Waals surface area contributed by atoms with Gasteiger partial charge in [-0.25, -0.2) is 0 Å². The van der Waals surface area contributed by atoms with Crippen molar-refractivity contribution in [3.63, 3.8) is 0 Å². The Morgan fingerprint density at radius 3 is 2.56 bits per heavy atom. The normalized spacial score (nSPS) is 41.9. The molecule has 1 heterocycles. The summed E-state index contributed by atoms with van der Waals surface area (Å²) in [6, 6.07) is 0.437. The van der Waals surface area contributed by atoms with E-state index in [1.165, 1.54) is 25.7 Å². The van der Waals surface area contributed by atoms with E-state index in [-0.39, 0.29) is 0 Å². The number of piperidine rings is 1. The SMILES string of the molecule is CC1CCC(NC(=O)C2CC23CCNCC3)C1C. The third kappa shape index (κ3) is 2.07. The zero-order chi connectivity index (χ0) is 12.8. The maximum atomic E-state index is 12.4. The highest BCUT2D eigenvalue weighted by atomic mass is 16.2. The predicted octanol–water partition coefficient (Wildman–Crippen LogP) is 1.93. The van der Waals surface area contributed by atoms with Gasteiger partial charge in [-0.2, -0.15) is 0 Å². The molecule has 3 aliphatic rings. The van der Waals surface area contributed by atoms with Crippen molar-refractivity contribution >= 4 is 5.91 Å². The Morgan fingerprint density at radius 2 is 1.94 bits per heavy atom. The number of amides is 1. The molecule has 3 nitrogen and oxygen atoms in total. The average Bonchev–Trinajstić information content (AvgIpc) is 2.98. The lowest BCUT2D eigenvalue weighted by molar-refractivity contribution is -0.124. The van der Waals surface area contributed by atoms with Crippen molar-refractivity contribution in [2.45, 2.75) is 52.0 Å². The molecular formula is C15H26N2O. The van der Waals surface area contributed by atoms with E-state index in [4.69, 9.17) is 0 Å². The van der Waals surface area contributed by atoms with Crippen LogP contribution < -0.4 is 10.6 Å². The molecule has 1 saturated heterocycles. The minimum atomic E-state index is 0.322. The maximum absolute atomic E-state index is 12.4. The molecule has 1 amide bonds. The van der Waals surface area contributed by atoms with Crippen molar-refractivity contribution in [2.24, 2.45) is 23.2 Å². The van der Waals surface area contributed by atoms with Crippen molar-refractivity contribution in [1.29, 1.82) is 0 Å². The van der Waals surface area contributed by atoms with Crippen LogP contribution in [0.5, 0.6) is 0 Å². The monoisotopic (exact) mass is 250 g/mol. The Kier molecular flexibility index (Phi) is 3.13. The Balaban J connectivity index is 1.54. The Bertz CT molecular complexity index is 335. The van der Waals surface area contributed by atoms with Crippen LogP contribution in [0.4, 0.5) is 0 Å². The molecule has 18 heavy (non-hydrogen) atoms. The van der Waals surface area contributed by atoms with Gasteiger partial charge in [0, 0.05) is 12.0 Å². The molecule has 2 saturated carbocycles. The van der Waals surface area contributed by atoms with Gasteiger partial charge >= 0.3 is 0 Å². The van der Waals surface area contributed by atoms with Crippen LogP contribution in [-0.2, 0) is 4.79 Å². The second kappa shape index (κ2) is 4.52. The smallest absolute Gasteiger partial charge is 0.223 e. The molecule has 3 heteroatoms. The number of hydrogen-bond donors (Lipinski definition) is 2. The van der Waals surface area contributed by atoms with Crippen LogP contribution in [0.2, 0.25) is 0 Å². The van der Waals surface area contributed by atoms with Crippen LogP contribution in [0.3, 0.4) is 0 Å². The number of carbonyl (C=O) groups is 1. The lowest BCUT2D eigenvalue weighted by Gasteiger charge is -2.24. The topological polar surface area (TPSA) is 41.1 Å². The van der Waals surface area contributed by atoms with E-state index in [0.29, 0.717) is 29.2 Å². The van der Waals surface area contributed by atoms with Crippen LogP contribution in [0, 0.1) is 23.2 Å². The first-order valence-electron chi connectivity index (χ1n) is 7.63. The van der Waals surface area contributed by atoms with Gasteiger partial charge in [0.2, 0.25) is 5.91 Å². The van der Waals surface area contributed by atoms with E-state index in [0.717, 1.165) is 25.4 Å². The molecule has 2 aliphatic carbocycles. The third-order valence-corrected chi connectivity index (χ3v) is 5.90. The van der Waals surface area contributed by atoms with Gasteiger partial charge in [0.05, 0.1) is 0 Å². The van der Waals surface area contributed by atoms with Crippen LogP contribution in [0.15, 0.2) is 0 Å². The molecule has 0 aromatic carbocycles. The minimum absolute atomic E-state index is 0.322. The molecule has 0 radical (unpaired) electrons. The highest BCUT2D eigenvalue weighted by molar-refractivity contribution is 5.83. The second-order valence-electron chi connectivity index (χ2n) is 6.90. The standard InChI is InChI=1S/C15H26N2O/c1-10-3-4-13(11(10)2)17-14(18)12-9-15(12)5-7-16-8-6-15/h10-13,16H,3-9H2,1-2H3,(H,17,18). The van der Waals surface area contributed by atoms with E-state index in [9.17, 15) is 4.79 Å². The lowest BCUT2D eigenvalue weighted by atomic mass is 9.91. The summed E-state index contributed by atoms with van der Waals surface area (Å²) in [4.78, 5) is 12.4. The van der Waals surface area contributed by atoms with Gasteiger partial charge in [-0.3, -0.25) is 4.79 Å². The van der Waals surface area contributed by atoms with Crippen molar-refractivity contribution in [3.8, 4) is 0 Å². The first kappa shape index (κ1) is 12.5. The summed E-state index contributed by atoms with van der Waals surface area (Å²) >= 11 is 0. The average molecular weight is 250 g/mol. The molecule has 3 fully saturated rings. The summed E-state index contributed by atoms with van der Waals surface area (Å²) in [6.07, 6.45) is 5.97. The molecule has 4 unspecified atom stereocenters. The van der Waals surface area contributed by atoms with Crippen molar-refractivity contribution < 1.29 is 4.79 Å². The molecular weight excluding hydrogens is 224 g/mol. The van der Waals surface area contributed by atoms with E-state index < -0.39 is 0 Å². The lowest BCUT2D eigenvalue weighted by Crippen LogP contribution is -2.40. The van der Waals surface area contributed by atoms with Gasteiger partial charge in [0.25, 0.3) is 0 Å². The quantitative estimate of drug-likeness (QED) is 0.786. The summed E-state index contributed by atoms with van der Waals surface area (Å²) in [7, 11) is 0. The van der Waals surface area contributed by atoms with Gasteiger partial charge in [0.1, 0.15) is 0 Å². The predicted molar refractivity (Wildman–Crippen MR) is 72.1 cm³/mol. The molecule has 1 spiro atoms. The molecule has 0 aromatic rings. The first-order chi connectivity index (χ1) is 8.62. The summed E-state index contributed by atoms with van der Waals surface area (Å²) < 4.78 is 0. The third-order valence-electron chi connectivity index (χ3n) is 5.90. The first-order valence-corrected chi connectivity index (χ1v) is 7.63. The fourth-order valence-corrected chi connectivity index (χ4v) is 4.05. The second-order valence-corrected chi connectivity index (χ2v) is 6.90. The maximum Gasteiger partial charge on any atom is 0.223 e. The fourth-order valence-electron chi connectivity index (χ4n) is 4.05. The largest absolute Gasteiger partial charge is 0.353 e. The zero-order valence-corrected chi connectivity index (χ0v) is 11.7. The van der Waals surface area contributed by atoms with Crippen LogP contribution in [0.1, 0.15) is 46.0 Å². The van der Waals surface area contributed by atoms with Crippen LogP contribution in [-0.4, -0.2) is 25.0 Å². The van der Waals surface area contributed by atoms with Crippen molar-refractivity contribution in [2.75, 3.05) is 13.1 Å². The van der Waals surface area contributed by atoms with Crippen molar-refractivity contribution in [1.82, 2.24) is 10.6 Å². The molecule has 4 atom stereocenters. The highest BCUT2D eigenvalue weighted by Gasteiger charge is 2.57.